The van der Waals surface area contributed by atoms with E-state index in [0.717, 1.165) is 12.8 Å². The molecule has 66 valence electrons. The highest BCUT2D eigenvalue weighted by molar-refractivity contribution is 5.72. The summed E-state index contributed by atoms with van der Waals surface area (Å²) in [7, 11) is 0. The summed E-state index contributed by atoms with van der Waals surface area (Å²) in [6.45, 7) is 1.99. The molecule has 4 nitrogen and oxygen atoms in total. The third-order valence-corrected chi connectivity index (χ3v) is 1.55. The topological polar surface area (TPSA) is 83.5 Å². The molecule has 2 atom stereocenters. The second-order valence-electron chi connectivity index (χ2n) is 2.59. The molecule has 0 amide bonds. The number of rotatable bonds is 5. The van der Waals surface area contributed by atoms with Crippen LogP contribution in [0.4, 0.5) is 0 Å². The van der Waals surface area contributed by atoms with Gasteiger partial charge in [-0.1, -0.05) is 19.8 Å². The van der Waals surface area contributed by atoms with Crippen LogP contribution in [0, 0.1) is 0 Å². The fourth-order valence-electron chi connectivity index (χ4n) is 0.781. The van der Waals surface area contributed by atoms with Crippen LogP contribution < -0.4 is 5.73 Å². The molecule has 0 aliphatic heterocycles. The van der Waals surface area contributed by atoms with Gasteiger partial charge in [-0.15, -0.1) is 0 Å². The lowest BCUT2D eigenvalue weighted by atomic mass is 10.1. The summed E-state index contributed by atoms with van der Waals surface area (Å²) in [5, 5.41) is 17.2. The van der Waals surface area contributed by atoms with Crippen molar-refractivity contribution in [3.63, 3.8) is 0 Å². The molecule has 0 spiro atoms. The van der Waals surface area contributed by atoms with Crippen LogP contribution in [0.3, 0.4) is 0 Å². The van der Waals surface area contributed by atoms with Crippen LogP contribution in [0.2, 0.25) is 0 Å². The quantitative estimate of drug-likeness (QED) is 0.528. The van der Waals surface area contributed by atoms with Gasteiger partial charge in [0.25, 0.3) is 0 Å². The Morgan fingerprint density at radius 2 is 2.18 bits per heavy atom. The van der Waals surface area contributed by atoms with Gasteiger partial charge >= 0.3 is 5.97 Å². The molecule has 0 fully saturated rings. The monoisotopic (exact) mass is 161 g/mol. The maximum atomic E-state index is 10.2. The number of unbranched alkanes of at least 4 members (excludes halogenated alkanes) is 1. The largest absolute Gasteiger partial charge is 0.479 e. The third kappa shape index (κ3) is 3.95. The number of carboxylic acid groups (broad SMARTS) is 1. The highest BCUT2D eigenvalue weighted by Gasteiger charge is 2.20. The fourth-order valence-corrected chi connectivity index (χ4v) is 0.781. The van der Waals surface area contributed by atoms with Crippen LogP contribution in [-0.2, 0) is 4.79 Å². The van der Waals surface area contributed by atoms with Gasteiger partial charge in [0, 0.05) is 6.04 Å². The maximum Gasteiger partial charge on any atom is 0.334 e. The molecule has 0 radical (unpaired) electrons. The number of nitrogens with two attached hydrogens (primary N) is 1. The van der Waals surface area contributed by atoms with Crippen molar-refractivity contribution in [2.45, 2.75) is 38.3 Å². The standard InChI is InChI=1S/C7H15NO3/c1-2-3-4-5(8)6(9)7(10)11/h5-6,9H,2-4,8H2,1H3,(H,10,11)/t5?,6-/m0/s1. The van der Waals surface area contributed by atoms with Crippen molar-refractivity contribution in [1.29, 1.82) is 0 Å². The van der Waals surface area contributed by atoms with Gasteiger partial charge in [-0.2, -0.15) is 0 Å². The molecule has 11 heavy (non-hydrogen) atoms. The van der Waals surface area contributed by atoms with E-state index in [2.05, 4.69) is 0 Å². The lowest BCUT2D eigenvalue weighted by Crippen LogP contribution is -2.40. The Kier molecular flexibility index (Phi) is 4.81. The van der Waals surface area contributed by atoms with E-state index in [9.17, 15) is 4.79 Å². The van der Waals surface area contributed by atoms with Crippen molar-refractivity contribution in [2.75, 3.05) is 0 Å². The van der Waals surface area contributed by atoms with Crippen molar-refractivity contribution < 1.29 is 15.0 Å². The average Bonchev–Trinajstić information content (AvgIpc) is 1.98. The van der Waals surface area contributed by atoms with Crippen LogP contribution in [0.15, 0.2) is 0 Å². The summed E-state index contributed by atoms with van der Waals surface area (Å²) in [4.78, 5) is 10.2. The molecule has 0 saturated carbocycles. The normalized spacial score (nSPS) is 15.9. The lowest BCUT2D eigenvalue weighted by molar-refractivity contribution is -0.147. The zero-order valence-electron chi connectivity index (χ0n) is 6.66. The first-order chi connectivity index (χ1) is 5.09. The van der Waals surface area contributed by atoms with Crippen molar-refractivity contribution in [3.8, 4) is 0 Å². The second kappa shape index (κ2) is 5.09. The van der Waals surface area contributed by atoms with E-state index in [0.29, 0.717) is 6.42 Å². The lowest BCUT2D eigenvalue weighted by Gasteiger charge is -2.13. The van der Waals surface area contributed by atoms with E-state index in [4.69, 9.17) is 15.9 Å². The minimum Gasteiger partial charge on any atom is -0.479 e. The van der Waals surface area contributed by atoms with E-state index in [-0.39, 0.29) is 0 Å². The van der Waals surface area contributed by atoms with E-state index >= 15 is 0 Å². The van der Waals surface area contributed by atoms with Gasteiger partial charge in [0.2, 0.25) is 0 Å². The van der Waals surface area contributed by atoms with Gasteiger partial charge in [0.05, 0.1) is 0 Å². The molecule has 0 aromatic heterocycles. The number of hydrogen-bond donors (Lipinski definition) is 3. The number of hydrogen-bond acceptors (Lipinski definition) is 3. The SMILES string of the molecule is CCCCC(N)[C@H](O)C(=O)O. The van der Waals surface area contributed by atoms with Crippen LogP contribution in [0.5, 0.6) is 0 Å². The average molecular weight is 161 g/mol. The highest BCUT2D eigenvalue weighted by atomic mass is 16.4. The predicted octanol–water partition coefficient (Wildman–Crippen LogP) is -0.0506. The molecule has 0 bridgehead atoms. The number of aliphatic hydroxyl groups excluding tert-OH is 1. The minimum atomic E-state index is -1.42. The highest BCUT2D eigenvalue weighted by Crippen LogP contribution is 2.02. The summed E-state index contributed by atoms with van der Waals surface area (Å²) in [5.41, 5.74) is 5.37. The van der Waals surface area contributed by atoms with Crippen molar-refractivity contribution in [1.82, 2.24) is 0 Å². The van der Waals surface area contributed by atoms with Gasteiger partial charge in [0.1, 0.15) is 0 Å². The van der Waals surface area contributed by atoms with Crippen LogP contribution in [0.1, 0.15) is 26.2 Å². The summed E-state index contributed by atoms with van der Waals surface area (Å²) in [5.74, 6) is -1.24. The molecule has 4 N–H and O–H groups in total. The zero-order chi connectivity index (χ0) is 8.85. The Labute approximate surface area is 66.0 Å². The smallest absolute Gasteiger partial charge is 0.334 e. The van der Waals surface area contributed by atoms with Crippen molar-refractivity contribution in [3.05, 3.63) is 0 Å². The Balaban J connectivity index is 3.63. The predicted molar refractivity (Wildman–Crippen MR) is 41.1 cm³/mol. The van der Waals surface area contributed by atoms with Gasteiger partial charge in [-0.25, -0.2) is 4.79 Å². The summed E-state index contributed by atoms with van der Waals surface area (Å²) >= 11 is 0. The van der Waals surface area contributed by atoms with E-state index in [1.165, 1.54) is 0 Å². The first-order valence-corrected chi connectivity index (χ1v) is 3.76. The summed E-state index contributed by atoms with van der Waals surface area (Å²) in [6.07, 6.45) is 0.955. The molecule has 0 aliphatic carbocycles. The van der Waals surface area contributed by atoms with Crippen LogP contribution in [-0.4, -0.2) is 28.3 Å². The number of aliphatic hydroxyl groups is 1. The molecular formula is C7H15NO3. The third-order valence-electron chi connectivity index (χ3n) is 1.55. The minimum absolute atomic E-state index is 0.559. The zero-order valence-corrected chi connectivity index (χ0v) is 6.66. The first-order valence-electron chi connectivity index (χ1n) is 3.76. The van der Waals surface area contributed by atoms with Gasteiger partial charge in [-0.3, -0.25) is 0 Å². The summed E-state index contributed by atoms with van der Waals surface area (Å²) < 4.78 is 0. The van der Waals surface area contributed by atoms with Crippen LogP contribution >= 0.6 is 0 Å². The van der Waals surface area contributed by atoms with E-state index < -0.39 is 18.1 Å². The molecule has 0 heterocycles. The maximum absolute atomic E-state index is 10.2. The second-order valence-corrected chi connectivity index (χ2v) is 2.59. The van der Waals surface area contributed by atoms with E-state index in [1.54, 1.807) is 0 Å². The molecule has 1 unspecified atom stereocenters. The van der Waals surface area contributed by atoms with Crippen molar-refractivity contribution >= 4 is 5.97 Å². The van der Waals surface area contributed by atoms with Gasteiger partial charge in [-0.05, 0) is 6.42 Å². The van der Waals surface area contributed by atoms with E-state index in [1.807, 2.05) is 6.92 Å². The number of aliphatic carboxylic acids is 1. The Hall–Kier alpha value is -0.610. The van der Waals surface area contributed by atoms with Gasteiger partial charge < -0.3 is 15.9 Å². The Bertz CT molecular complexity index is 127. The Morgan fingerprint density at radius 3 is 2.55 bits per heavy atom. The first kappa shape index (κ1) is 10.4. The number of carbonyl (C=O) groups is 1. The summed E-state index contributed by atoms with van der Waals surface area (Å²) in [6, 6.07) is -0.632. The number of carboxylic acids is 1. The molecule has 0 aliphatic rings. The Morgan fingerprint density at radius 1 is 1.64 bits per heavy atom. The molecule has 0 rings (SSSR count). The van der Waals surface area contributed by atoms with Crippen LogP contribution in [0.25, 0.3) is 0 Å². The van der Waals surface area contributed by atoms with Crippen molar-refractivity contribution in [2.24, 2.45) is 5.73 Å². The molecule has 0 saturated heterocycles. The molecule has 4 heteroatoms. The molecule has 0 aromatic rings. The molecule has 0 aromatic carbocycles. The van der Waals surface area contributed by atoms with Gasteiger partial charge in [0.15, 0.2) is 6.10 Å². The molecular weight excluding hydrogens is 146 g/mol. The fraction of sp³-hybridized carbons (Fsp3) is 0.857.